The van der Waals surface area contributed by atoms with Gasteiger partial charge in [0.25, 0.3) is 0 Å². The van der Waals surface area contributed by atoms with Crippen LogP contribution in [0.3, 0.4) is 0 Å². The number of nitrogens with one attached hydrogen (secondary N) is 3. The van der Waals surface area contributed by atoms with Crippen molar-refractivity contribution in [2.24, 2.45) is 0 Å². The summed E-state index contributed by atoms with van der Waals surface area (Å²) in [5.74, 6) is 1.07. The van der Waals surface area contributed by atoms with Gasteiger partial charge in [-0.05, 0) is 32.6 Å². The Morgan fingerprint density at radius 3 is 2.68 bits per heavy atom. The van der Waals surface area contributed by atoms with E-state index in [2.05, 4.69) is 26.1 Å². The van der Waals surface area contributed by atoms with Crippen LogP contribution in [0.25, 0.3) is 0 Å². The van der Waals surface area contributed by atoms with Crippen LogP contribution >= 0.6 is 0 Å². The Hall–Kier alpha value is -2.12. The lowest BCUT2D eigenvalue weighted by Crippen LogP contribution is -2.69. The molecule has 2 unspecified atom stereocenters. The summed E-state index contributed by atoms with van der Waals surface area (Å²) < 4.78 is 5.27. The topological polar surface area (TPSA) is 109 Å². The molecule has 3 rings (SSSR count). The molecule has 25 heavy (non-hydrogen) atoms. The quantitative estimate of drug-likeness (QED) is 0.772. The molecule has 1 aliphatic carbocycles. The van der Waals surface area contributed by atoms with Gasteiger partial charge in [-0.2, -0.15) is 4.98 Å². The van der Waals surface area contributed by atoms with Crippen LogP contribution in [0, 0.1) is 0 Å². The van der Waals surface area contributed by atoms with E-state index >= 15 is 0 Å². The first-order valence-electron chi connectivity index (χ1n) is 8.92. The third-order valence-electron chi connectivity index (χ3n) is 5.10. The average molecular weight is 349 g/mol. The van der Waals surface area contributed by atoms with Crippen molar-refractivity contribution in [1.29, 1.82) is 0 Å². The van der Waals surface area contributed by atoms with E-state index in [1.165, 1.54) is 0 Å². The fourth-order valence-corrected chi connectivity index (χ4v) is 3.39. The van der Waals surface area contributed by atoms with E-state index in [1.54, 1.807) is 6.92 Å². The van der Waals surface area contributed by atoms with Crippen LogP contribution in [0.5, 0.6) is 0 Å². The van der Waals surface area contributed by atoms with Crippen molar-refractivity contribution in [3.63, 3.8) is 0 Å². The van der Waals surface area contributed by atoms with E-state index in [9.17, 15) is 9.59 Å². The van der Waals surface area contributed by atoms with Crippen molar-refractivity contribution in [3.8, 4) is 0 Å². The molecule has 2 heterocycles. The zero-order valence-electron chi connectivity index (χ0n) is 15.3. The maximum atomic E-state index is 12.4. The maximum absolute atomic E-state index is 12.4. The smallest absolute Gasteiger partial charge is 0.315 e. The average Bonchev–Trinajstić information content (AvgIpc) is 2.97. The van der Waals surface area contributed by atoms with Crippen LogP contribution in [-0.2, 0) is 10.2 Å². The molecule has 8 heteroatoms. The molecule has 8 nitrogen and oxygen atoms in total. The van der Waals surface area contributed by atoms with Crippen LogP contribution < -0.4 is 16.0 Å². The number of piperidine rings is 1. The monoisotopic (exact) mass is 349 g/mol. The van der Waals surface area contributed by atoms with Gasteiger partial charge in [-0.1, -0.05) is 25.9 Å². The van der Waals surface area contributed by atoms with Crippen LogP contribution in [0.1, 0.15) is 77.6 Å². The Morgan fingerprint density at radius 2 is 2.12 bits per heavy atom. The van der Waals surface area contributed by atoms with Crippen LogP contribution in [0.15, 0.2) is 4.52 Å². The van der Waals surface area contributed by atoms with Crippen LogP contribution in [0.2, 0.25) is 0 Å². The predicted molar refractivity (Wildman–Crippen MR) is 90.8 cm³/mol. The second kappa shape index (κ2) is 6.31. The van der Waals surface area contributed by atoms with Gasteiger partial charge in [0.2, 0.25) is 11.8 Å². The molecule has 1 aliphatic heterocycles. The van der Waals surface area contributed by atoms with E-state index in [0.717, 1.165) is 19.3 Å². The minimum Gasteiger partial charge on any atom is -0.349 e. The predicted octanol–water partition coefficient (Wildman–Crippen LogP) is 1.93. The summed E-state index contributed by atoms with van der Waals surface area (Å²) in [6.45, 7) is 7.81. The molecule has 2 aliphatic rings. The summed E-state index contributed by atoms with van der Waals surface area (Å²) >= 11 is 0. The molecule has 1 aromatic heterocycles. The lowest BCUT2D eigenvalue weighted by Gasteiger charge is -2.50. The Labute approximate surface area is 147 Å². The Kier molecular flexibility index (Phi) is 4.47. The van der Waals surface area contributed by atoms with Crippen molar-refractivity contribution in [3.05, 3.63) is 11.7 Å². The van der Waals surface area contributed by atoms with Gasteiger partial charge in [-0.25, -0.2) is 4.79 Å². The van der Waals surface area contributed by atoms with Gasteiger partial charge in [-0.15, -0.1) is 0 Å². The number of hydrogen-bond donors (Lipinski definition) is 3. The minimum absolute atomic E-state index is 0.0426. The second-order valence-corrected chi connectivity index (χ2v) is 8.19. The van der Waals surface area contributed by atoms with Crippen molar-refractivity contribution >= 4 is 11.9 Å². The van der Waals surface area contributed by atoms with Gasteiger partial charge in [0.1, 0.15) is 6.04 Å². The molecule has 2 fully saturated rings. The van der Waals surface area contributed by atoms with Crippen molar-refractivity contribution in [2.45, 2.75) is 82.8 Å². The lowest BCUT2D eigenvalue weighted by molar-refractivity contribution is -0.127. The Balaban J connectivity index is 1.58. The van der Waals surface area contributed by atoms with Gasteiger partial charge in [-0.3, -0.25) is 4.79 Å². The molecule has 3 N–H and O–H groups in total. The third kappa shape index (κ3) is 3.62. The van der Waals surface area contributed by atoms with E-state index in [4.69, 9.17) is 4.52 Å². The molecular formula is C17H27N5O3. The zero-order chi connectivity index (χ0) is 18.2. The number of carbonyl (C=O) groups is 2. The molecule has 1 saturated carbocycles. The molecule has 138 valence electrons. The van der Waals surface area contributed by atoms with Gasteiger partial charge in [0, 0.05) is 11.8 Å². The largest absolute Gasteiger partial charge is 0.349 e. The third-order valence-corrected chi connectivity index (χ3v) is 5.10. The van der Waals surface area contributed by atoms with E-state index in [-0.39, 0.29) is 35.0 Å². The van der Waals surface area contributed by atoms with E-state index in [0.29, 0.717) is 24.6 Å². The fraction of sp³-hybridized carbons (Fsp3) is 0.765. The van der Waals surface area contributed by atoms with Gasteiger partial charge in [0.15, 0.2) is 5.82 Å². The van der Waals surface area contributed by atoms with Crippen molar-refractivity contribution < 1.29 is 14.1 Å². The molecule has 0 aromatic carbocycles. The number of urea groups is 1. The number of carbonyl (C=O) groups excluding carboxylic acids is 2. The lowest BCUT2D eigenvalue weighted by atomic mass is 9.68. The summed E-state index contributed by atoms with van der Waals surface area (Å²) in [6.07, 6.45) is 4.02. The summed E-state index contributed by atoms with van der Waals surface area (Å²) in [5.41, 5.74) is -0.472. The molecule has 2 atom stereocenters. The van der Waals surface area contributed by atoms with Gasteiger partial charge in [0.05, 0.1) is 11.6 Å². The van der Waals surface area contributed by atoms with Gasteiger partial charge >= 0.3 is 6.03 Å². The second-order valence-electron chi connectivity index (χ2n) is 8.19. The molecule has 1 spiro atoms. The number of hydrogen-bond acceptors (Lipinski definition) is 5. The minimum atomic E-state index is -0.390. The summed E-state index contributed by atoms with van der Waals surface area (Å²) in [5, 5.41) is 12.9. The number of amides is 3. The van der Waals surface area contributed by atoms with Crippen LogP contribution in [0.4, 0.5) is 4.79 Å². The highest BCUT2D eigenvalue weighted by Gasteiger charge is 2.48. The number of aromatic nitrogens is 2. The van der Waals surface area contributed by atoms with E-state index in [1.807, 2.05) is 20.8 Å². The van der Waals surface area contributed by atoms with Gasteiger partial charge < -0.3 is 20.5 Å². The normalized spacial score (nSPS) is 23.5. The first-order valence-corrected chi connectivity index (χ1v) is 8.92. The SMILES string of the molecule is CC(NC(=O)NC1CCC(=O)NC12CCC2)c1nc(C(C)(C)C)no1. The first kappa shape index (κ1) is 17.7. The summed E-state index contributed by atoms with van der Waals surface area (Å²) in [4.78, 5) is 28.4. The standard InChI is InChI=1S/C17H27N5O3/c1-10(13-20-14(22-25-13)16(2,3)4)18-15(24)19-11-6-7-12(23)21-17(11)8-5-9-17/h10-11H,5-9H2,1-4H3,(H,21,23)(H2,18,19,24). The molecular weight excluding hydrogens is 322 g/mol. The highest BCUT2D eigenvalue weighted by atomic mass is 16.5. The molecule has 3 amide bonds. The summed E-state index contributed by atoms with van der Waals surface area (Å²) in [7, 11) is 0. The number of rotatable bonds is 3. The fourth-order valence-electron chi connectivity index (χ4n) is 3.39. The van der Waals surface area contributed by atoms with Crippen molar-refractivity contribution in [2.75, 3.05) is 0 Å². The Bertz CT molecular complexity index is 659. The first-order chi connectivity index (χ1) is 11.7. The summed E-state index contributed by atoms with van der Waals surface area (Å²) in [6, 6.07) is -0.714. The van der Waals surface area contributed by atoms with Crippen LogP contribution in [-0.4, -0.2) is 33.7 Å². The maximum Gasteiger partial charge on any atom is 0.315 e. The zero-order valence-corrected chi connectivity index (χ0v) is 15.3. The molecule has 0 bridgehead atoms. The Morgan fingerprint density at radius 1 is 1.40 bits per heavy atom. The van der Waals surface area contributed by atoms with E-state index < -0.39 is 0 Å². The number of nitrogens with zero attached hydrogens (tertiary/aromatic N) is 2. The highest BCUT2D eigenvalue weighted by molar-refractivity contribution is 5.80. The molecule has 1 saturated heterocycles. The molecule has 1 aromatic rings. The highest BCUT2D eigenvalue weighted by Crippen LogP contribution is 2.38. The molecule has 0 radical (unpaired) electrons. The van der Waals surface area contributed by atoms with Crippen molar-refractivity contribution in [1.82, 2.24) is 26.1 Å².